The van der Waals surface area contributed by atoms with E-state index in [-0.39, 0.29) is 56.7 Å². The second-order valence-corrected chi connectivity index (χ2v) is 13.4. The first-order valence-electron chi connectivity index (χ1n) is 20.6. The Kier molecular flexibility index (Phi) is 24.0. The van der Waals surface area contributed by atoms with Gasteiger partial charge >= 0.3 is 0 Å². The van der Waals surface area contributed by atoms with Crippen molar-refractivity contribution in [3.63, 3.8) is 0 Å². The number of nitrogens with zero attached hydrogens (tertiary/aromatic N) is 2. The highest BCUT2D eigenvalue weighted by Crippen LogP contribution is 2.25. The van der Waals surface area contributed by atoms with E-state index in [0.29, 0.717) is 112 Å². The first kappa shape index (κ1) is 48.6. The fourth-order valence-corrected chi connectivity index (χ4v) is 5.76. The lowest BCUT2D eigenvalue weighted by Gasteiger charge is -2.26. The summed E-state index contributed by atoms with van der Waals surface area (Å²) < 4.78 is 43.8. The molecule has 61 heavy (non-hydrogen) atoms. The molecule has 0 saturated carbocycles. The molecule has 2 aromatic rings. The molecular formula is C44H58N4O13. The van der Waals surface area contributed by atoms with Crippen LogP contribution in [0.2, 0.25) is 0 Å². The number of hydrogen-bond acceptors (Lipinski definition) is 13. The lowest BCUT2D eigenvalue weighted by atomic mass is 10.0. The molecule has 17 heteroatoms. The highest BCUT2D eigenvalue weighted by Gasteiger charge is 2.24. The van der Waals surface area contributed by atoms with E-state index in [9.17, 15) is 24.0 Å². The van der Waals surface area contributed by atoms with Gasteiger partial charge in [-0.15, -0.1) is 0 Å². The predicted molar refractivity (Wildman–Crippen MR) is 222 cm³/mol. The van der Waals surface area contributed by atoms with Gasteiger partial charge in [-0.1, -0.05) is 42.2 Å². The van der Waals surface area contributed by atoms with Crippen LogP contribution >= 0.6 is 0 Å². The number of imide groups is 1. The minimum atomic E-state index is -0.404. The van der Waals surface area contributed by atoms with Crippen LogP contribution in [0, 0.1) is 11.8 Å². The summed E-state index contributed by atoms with van der Waals surface area (Å²) in [5.74, 6) is 5.06. The number of hydrogen-bond donors (Lipinski definition) is 2. The van der Waals surface area contributed by atoms with Crippen molar-refractivity contribution in [3.8, 4) is 11.8 Å². The summed E-state index contributed by atoms with van der Waals surface area (Å²) in [5, 5.41) is 5.49. The van der Waals surface area contributed by atoms with Crippen molar-refractivity contribution in [1.29, 1.82) is 0 Å². The molecule has 2 aliphatic rings. The van der Waals surface area contributed by atoms with Crippen LogP contribution in [0.5, 0.6) is 0 Å². The first-order chi connectivity index (χ1) is 29.9. The number of para-hydroxylation sites is 1. The Bertz CT molecular complexity index is 1740. The summed E-state index contributed by atoms with van der Waals surface area (Å²) in [6, 6.07) is 15.4. The van der Waals surface area contributed by atoms with Gasteiger partial charge in [-0.2, -0.15) is 0 Å². The molecule has 0 unspecified atom stereocenters. The molecule has 0 bridgehead atoms. The monoisotopic (exact) mass is 850 g/mol. The number of carbonyl (C=O) groups excluding carboxylic acids is 5. The molecule has 2 N–H and O–H groups in total. The van der Waals surface area contributed by atoms with Gasteiger partial charge in [0.15, 0.2) is 0 Å². The van der Waals surface area contributed by atoms with Gasteiger partial charge in [-0.3, -0.25) is 28.9 Å². The van der Waals surface area contributed by atoms with E-state index in [4.69, 9.17) is 37.9 Å². The van der Waals surface area contributed by atoms with E-state index in [1.54, 1.807) is 4.90 Å². The molecule has 0 spiro atoms. The van der Waals surface area contributed by atoms with E-state index in [2.05, 4.69) is 22.5 Å². The Morgan fingerprint density at radius 1 is 0.508 bits per heavy atom. The van der Waals surface area contributed by atoms with Crippen LogP contribution < -0.4 is 15.5 Å². The summed E-state index contributed by atoms with van der Waals surface area (Å²) in [7, 11) is 0. The molecule has 4 rings (SSSR count). The normalized spacial score (nSPS) is 13.0. The zero-order chi connectivity index (χ0) is 43.2. The Morgan fingerprint density at radius 3 is 1.52 bits per heavy atom. The molecule has 0 atom stereocenters. The van der Waals surface area contributed by atoms with Gasteiger partial charge in [0, 0.05) is 62.2 Å². The largest absolute Gasteiger partial charge is 0.379 e. The zero-order valence-corrected chi connectivity index (χ0v) is 34.7. The molecule has 332 valence electrons. The Labute approximate surface area is 357 Å². The van der Waals surface area contributed by atoms with Gasteiger partial charge in [0.1, 0.15) is 0 Å². The van der Waals surface area contributed by atoms with Gasteiger partial charge in [-0.25, -0.2) is 0 Å². The second kappa shape index (κ2) is 30.1. The number of amides is 5. The molecule has 0 aromatic heterocycles. The van der Waals surface area contributed by atoms with Gasteiger partial charge in [-0.05, 0) is 23.8 Å². The summed E-state index contributed by atoms with van der Waals surface area (Å²) in [6.45, 7) is 7.40. The zero-order valence-electron chi connectivity index (χ0n) is 34.7. The van der Waals surface area contributed by atoms with E-state index in [1.165, 1.54) is 12.2 Å². The molecule has 0 fully saturated rings. The van der Waals surface area contributed by atoms with Gasteiger partial charge in [0.2, 0.25) is 17.7 Å². The van der Waals surface area contributed by atoms with Crippen molar-refractivity contribution in [1.82, 2.24) is 15.5 Å². The molecule has 0 radical (unpaired) electrons. The van der Waals surface area contributed by atoms with Gasteiger partial charge in [0.25, 0.3) is 11.8 Å². The molecule has 0 aliphatic carbocycles. The summed E-state index contributed by atoms with van der Waals surface area (Å²) in [4.78, 5) is 63.1. The summed E-state index contributed by atoms with van der Waals surface area (Å²) in [5.41, 5.74) is 3.43. The Balaban J connectivity index is 0.830. The molecule has 5 amide bonds. The maximum atomic E-state index is 13.3. The number of rotatable bonds is 33. The number of nitrogens with one attached hydrogen (secondary N) is 2. The average Bonchev–Trinajstić information content (AvgIpc) is 3.58. The standard InChI is InChI=1S/C44H58N4O13/c49-40(14-18-47-42(51)11-12-43(47)52)46-17-20-55-22-24-57-26-28-59-30-32-61-34-33-60-31-29-58-27-25-56-23-21-54-19-15-41(50)45-16-13-44(53)48-35-38-7-2-1-5-36(38)9-10-37-6-3-4-8-39(37)48/h1-8,11-12H,13-35H2,(H,45,50)(H,46,49). The molecular weight excluding hydrogens is 792 g/mol. The van der Waals surface area contributed by atoms with Gasteiger partial charge in [0.05, 0.1) is 118 Å². The lowest BCUT2D eigenvalue weighted by molar-refractivity contribution is -0.137. The fourth-order valence-electron chi connectivity index (χ4n) is 5.76. The van der Waals surface area contributed by atoms with E-state index in [1.807, 2.05) is 48.5 Å². The van der Waals surface area contributed by atoms with E-state index in [0.717, 1.165) is 27.3 Å². The maximum Gasteiger partial charge on any atom is 0.253 e. The number of fused-ring (bicyclic) bond motifs is 2. The third kappa shape index (κ3) is 19.9. The van der Waals surface area contributed by atoms with Crippen LogP contribution in [0.4, 0.5) is 5.69 Å². The third-order valence-corrected chi connectivity index (χ3v) is 8.94. The van der Waals surface area contributed by atoms with Crippen molar-refractivity contribution >= 4 is 35.2 Å². The smallest absolute Gasteiger partial charge is 0.253 e. The lowest BCUT2D eigenvalue weighted by Crippen LogP contribution is -2.35. The van der Waals surface area contributed by atoms with E-state index < -0.39 is 11.8 Å². The van der Waals surface area contributed by atoms with Crippen molar-refractivity contribution < 1.29 is 61.9 Å². The Hall–Kier alpha value is -5.03. The molecule has 2 aliphatic heterocycles. The van der Waals surface area contributed by atoms with Crippen LogP contribution in [0.3, 0.4) is 0 Å². The van der Waals surface area contributed by atoms with Crippen LogP contribution in [-0.4, -0.2) is 160 Å². The molecule has 0 saturated heterocycles. The maximum absolute atomic E-state index is 13.3. The summed E-state index contributed by atoms with van der Waals surface area (Å²) >= 11 is 0. The fraction of sp³-hybridized carbons (Fsp3) is 0.523. The van der Waals surface area contributed by atoms with Crippen LogP contribution in [0.25, 0.3) is 0 Å². The van der Waals surface area contributed by atoms with Crippen molar-refractivity contribution in [2.24, 2.45) is 0 Å². The van der Waals surface area contributed by atoms with Crippen LogP contribution in [-0.2, 0) is 68.4 Å². The number of anilines is 1. The van der Waals surface area contributed by atoms with E-state index >= 15 is 0 Å². The average molecular weight is 851 g/mol. The van der Waals surface area contributed by atoms with Gasteiger partial charge < -0.3 is 53.4 Å². The molecule has 2 aromatic carbocycles. The van der Waals surface area contributed by atoms with Crippen molar-refractivity contribution in [3.05, 3.63) is 77.4 Å². The molecule has 17 nitrogen and oxygen atoms in total. The predicted octanol–water partition coefficient (Wildman–Crippen LogP) is 1.39. The van der Waals surface area contributed by atoms with Crippen molar-refractivity contribution in [2.45, 2.75) is 25.8 Å². The minimum absolute atomic E-state index is 0.0432. The highest BCUT2D eigenvalue weighted by molar-refractivity contribution is 6.13. The first-order valence-corrected chi connectivity index (χ1v) is 20.6. The SMILES string of the molecule is O=C(CCOCCOCCOCCOCCOCCOCCOCCOCCNC(=O)CCN1C(=O)C=CC1=O)NCCC(=O)N1Cc2ccccc2C#Cc2ccccc21. The topological polar surface area (TPSA) is 190 Å². The highest BCUT2D eigenvalue weighted by atomic mass is 16.6. The number of ether oxygens (including phenoxy) is 8. The Morgan fingerprint density at radius 2 is 0.951 bits per heavy atom. The number of carbonyl (C=O) groups is 5. The molecule has 2 heterocycles. The number of benzene rings is 2. The van der Waals surface area contributed by atoms with Crippen LogP contribution in [0.1, 0.15) is 36.0 Å². The van der Waals surface area contributed by atoms with Crippen molar-refractivity contribution in [2.75, 3.05) is 130 Å². The van der Waals surface area contributed by atoms with Crippen LogP contribution in [0.15, 0.2) is 60.7 Å². The third-order valence-electron chi connectivity index (χ3n) is 8.94. The quantitative estimate of drug-likeness (QED) is 0.0597. The summed E-state index contributed by atoms with van der Waals surface area (Å²) in [6.07, 6.45) is 2.77. The second-order valence-electron chi connectivity index (χ2n) is 13.4. The minimum Gasteiger partial charge on any atom is -0.379 e.